The molecule has 0 bridgehead atoms. The van der Waals surface area contributed by atoms with Gasteiger partial charge in [-0.05, 0) is 37.8 Å². The first-order valence-corrected chi connectivity index (χ1v) is 8.65. The number of carbonyl (C=O) groups is 1. The molecule has 7 heteroatoms. The second-order valence-electron chi connectivity index (χ2n) is 6.01. The maximum Gasteiger partial charge on any atom is 0.229 e. The zero-order valence-electron chi connectivity index (χ0n) is 13.7. The Morgan fingerprint density at radius 1 is 1.26 bits per heavy atom. The molecule has 1 aliphatic carbocycles. The summed E-state index contributed by atoms with van der Waals surface area (Å²) in [5.41, 5.74) is 1.58. The van der Waals surface area contributed by atoms with E-state index in [2.05, 4.69) is 15.8 Å². The molecule has 23 heavy (non-hydrogen) atoms. The van der Waals surface area contributed by atoms with Crippen molar-refractivity contribution in [1.82, 2.24) is 15.8 Å². The second-order valence-corrected chi connectivity index (χ2v) is 6.36. The van der Waals surface area contributed by atoms with Crippen LogP contribution in [0.15, 0.2) is 4.52 Å². The van der Waals surface area contributed by atoms with Crippen LogP contribution in [-0.4, -0.2) is 30.2 Å². The minimum atomic E-state index is 0. The average Bonchev–Trinajstić information content (AvgIpc) is 2.71. The summed E-state index contributed by atoms with van der Waals surface area (Å²) in [6.45, 7) is 3.34. The molecule has 1 heterocycles. The molecule has 132 valence electrons. The fourth-order valence-corrected chi connectivity index (χ4v) is 3.19. The highest BCUT2D eigenvalue weighted by molar-refractivity contribution is 6.29. The summed E-state index contributed by atoms with van der Waals surface area (Å²) < 4.78 is 4.88. The smallest absolute Gasteiger partial charge is 0.229 e. The Hall–Kier alpha value is -0.780. The van der Waals surface area contributed by atoms with Crippen LogP contribution >= 0.6 is 24.0 Å². The van der Waals surface area contributed by atoms with E-state index in [9.17, 15) is 4.79 Å². The third-order valence-corrected chi connectivity index (χ3v) is 4.57. The van der Waals surface area contributed by atoms with E-state index in [1.54, 1.807) is 0 Å². The minimum Gasteiger partial charge on any atom is -0.355 e. The molecular weight excluding hydrogens is 337 g/mol. The molecule has 0 atom stereocenters. The first kappa shape index (κ1) is 20.3. The van der Waals surface area contributed by atoms with Crippen molar-refractivity contribution in [2.75, 3.05) is 13.1 Å². The lowest BCUT2D eigenvalue weighted by Gasteiger charge is -2.16. The molecule has 2 N–H and O–H groups in total. The SMILES string of the molecule is Cc1noc(Cl)c1CCC(=O)NCCNC1CCCCCC1.Cl. The number of rotatable bonds is 7. The third-order valence-electron chi connectivity index (χ3n) is 4.27. The van der Waals surface area contributed by atoms with Gasteiger partial charge < -0.3 is 15.2 Å². The Kier molecular flexibility index (Phi) is 9.60. The standard InChI is InChI=1S/C16H26ClN3O2.ClH/c1-12-14(16(17)22-20-12)8-9-15(21)19-11-10-18-13-6-4-2-3-5-7-13;/h13,18H,2-11H2,1H3,(H,19,21);1H. The first-order chi connectivity index (χ1) is 10.7. The fraction of sp³-hybridized carbons (Fsp3) is 0.750. The highest BCUT2D eigenvalue weighted by Crippen LogP contribution is 2.20. The number of hydrogen-bond acceptors (Lipinski definition) is 4. The Morgan fingerprint density at radius 3 is 2.57 bits per heavy atom. The van der Waals surface area contributed by atoms with Gasteiger partial charge >= 0.3 is 0 Å². The normalized spacial score (nSPS) is 15.7. The van der Waals surface area contributed by atoms with Crippen molar-refractivity contribution in [2.24, 2.45) is 0 Å². The van der Waals surface area contributed by atoms with E-state index >= 15 is 0 Å². The molecule has 5 nitrogen and oxygen atoms in total. The number of aryl methyl sites for hydroxylation is 1. The van der Waals surface area contributed by atoms with E-state index < -0.39 is 0 Å². The van der Waals surface area contributed by atoms with E-state index in [4.69, 9.17) is 16.1 Å². The van der Waals surface area contributed by atoms with Gasteiger partial charge in [-0.2, -0.15) is 0 Å². The van der Waals surface area contributed by atoms with Crippen molar-refractivity contribution in [2.45, 2.75) is 64.3 Å². The van der Waals surface area contributed by atoms with Crippen LogP contribution in [0.1, 0.15) is 56.2 Å². The highest BCUT2D eigenvalue weighted by atomic mass is 35.5. The van der Waals surface area contributed by atoms with Gasteiger partial charge in [-0.3, -0.25) is 4.79 Å². The Bertz CT molecular complexity index is 452. The van der Waals surface area contributed by atoms with Gasteiger partial charge in [0.2, 0.25) is 11.1 Å². The molecule has 0 aromatic carbocycles. The summed E-state index contributed by atoms with van der Waals surface area (Å²) in [4.78, 5) is 11.8. The number of nitrogens with one attached hydrogen (secondary N) is 2. The van der Waals surface area contributed by atoms with Gasteiger partial charge in [0.15, 0.2) is 0 Å². The van der Waals surface area contributed by atoms with E-state index in [1.165, 1.54) is 38.5 Å². The Morgan fingerprint density at radius 2 is 1.96 bits per heavy atom. The molecule has 0 unspecified atom stereocenters. The molecule has 1 amide bonds. The monoisotopic (exact) mass is 363 g/mol. The topological polar surface area (TPSA) is 67.2 Å². The zero-order valence-corrected chi connectivity index (χ0v) is 15.3. The maximum atomic E-state index is 11.8. The highest BCUT2D eigenvalue weighted by Gasteiger charge is 2.13. The summed E-state index contributed by atoms with van der Waals surface area (Å²) in [6.07, 6.45) is 8.87. The molecular formula is C16H27Cl2N3O2. The lowest BCUT2D eigenvalue weighted by atomic mass is 10.1. The maximum absolute atomic E-state index is 11.8. The molecule has 1 aliphatic rings. The molecule has 1 aromatic heterocycles. The molecule has 0 spiro atoms. The fourth-order valence-electron chi connectivity index (χ4n) is 2.93. The van der Waals surface area contributed by atoms with Crippen molar-refractivity contribution >= 4 is 29.9 Å². The number of hydrogen-bond donors (Lipinski definition) is 2. The number of aromatic nitrogens is 1. The summed E-state index contributed by atoms with van der Waals surface area (Å²) in [6, 6.07) is 0.623. The Labute approximate surface area is 149 Å². The largest absolute Gasteiger partial charge is 0.355 e. The lowest BCUT2D eigenvalue weighted by Crippen LogP contribution is -2.36. The lowest BCUT2D eigenvalue weighted by molar-refractivity contribution is -0.121. The van der Waals surface area contributed by atoms with Crippen molar-refractivity contribution in [3.05, 3.63) is 16.5 Å². The third kappa shape index (κ3) is 7.10. The molecule has 0 saturated heterocycles. The van der Waals surface area contributed by atoms with Crippen LogP contribution in [0, 0.1) is 6.92 Å². The molecule has 0 radical (unpaired) electrons. The van der Waals surface area contributed by atoms with E-state index in [1.807, 2.05) is 6.92 Å². The van der Waals surface area contributed by atoms with E-state index in [-0.39, 0.29) is 18.3 Å². The number of carbonyl (C=O) groups excluding carboxylic acids is 1. The number of nitrogens with zero attached hydrogens (tertiary/aromatic N) is 1. The summed E-state index contributed by atoms with van der Waals surface area (Å²) in [7, 11) is 0. The summed E-state index contributed by atoms with van der Waals surface area (Å²) >= 11 is 5.88. The Balaban J connectivity index is 0.00000264. The van der Waals surface area contributed by atoms with Crippen LogP contribution in [0.3, 0.4) is 0 Å². The van der Waals surface area contributed by atoms with E-state index in [0.717, 1.165) is 17.8 Å². The van der Waals surface area contributed by atoms with Crippen LogP contribution < -0.4 is 10.6 Å². The first-order valence-electron chi connectivity index (χ1n) is 8.27. The van der Waals surface area contributed by atoms with Crippen LogP contribution in [-0.2, 0) is 11.2 Å². The predicted octanol–water partition coefficient (Wildman–Crippen LogP) is 3.42. The van der Waals surface area contributed by atoms with Gasteiger partial charge in [-0.25, -0.2) is 0 Å². The van der Waals surface area contributed by atoms with Gasteiger partial charge in [-0.15, -0.1) is 12.4 Å². The van der Waals surface area contributed by atoms with Crippen molar-refractivity contribution in [3.8, 4) is 0 Å². The summed E-state index contributed by atoms with van der Waals surface area (Å²) in [5, 5.41) is 10.6. The minimum absolute atomic E-state index is 0. The van der Waals surface area contributed by atoms with Crippen LogP contribution in [0.5, 0.6) is 0 Å². The van der Waals surface area contributed by atoms with E-state index in [0.29, 0.717) is 30.6 Å². The van der Waals surface area contributed by atoms with Gasteiger partial charge in [0.05, 0.1) is 5.69 Å². The van der Waals surface area contributed by atoms with Gasteiger partial charge in [-0.1, -0.05) is 30.8 Å². The average molecular weight is 364 g/mol. The van der Waals surface area contributed by atoms with Crippen molar-refractivity contribution < 1.29 is 9.32 Å². The number of amides is 1. The molecule has 1 aromatic rings. The second kappa shape index (κ2) is 10.9. The van der Waals surface area contributed by atoms with Gasteiger partial charge in [0.25, 0.3) is 0 Å². The zero-order chi connectivity index (χ0) is 15.8. The number of halogens is 2. The van der Waals surface area contributed by atoms with Crippen molar-refractivity contribution in [1.29, 1.82) is 0 Å². The predicted molar refractivity (Wildman–Crippen MR) is 94.3 cm³/mol. The summed E-state index contributed by atoms with van der Waals surface area (Å²) in [5.74, 6) is 0.0410. The van der Waals surface area contributed by atoms with Crippen LogP contribution in [0.2, 0.25) is 5.22 Å². The van der Waals surface area contributed by atoms with Gasteiger partial charge in [0, 0.05) is 31.1 Å². The molecule has 0 aliphatic heterocycles. The van der Waals surface area contributed by atoms with Crippen molar-refractivity contribution in [3.63, 3.8) is 0 Å². The molecule has 1 saturated carbocycles. The molecule has 1 fully saturated rings. The quantitative estimate of drug-likeness (QED) is 0.575. The van der Waals surface area contributed by atoms with Crippen LogP contribution in [0.25, 0.3) is 0 Å². The van der Waals surface area contributed by atoms with Crippen LogP contribution in [0.4, 0.5) is 0 Å². The van der Waals surface area contributed by atoms with Gasteiger partial charge in [0.1, 0.15) is 0 Å². The molecule has 2 rings (SSSR count).